The average molecular weight is 334 g/mol. The molecule has 9 heteroatoms. The number of carbonyl (C=O) groups is 1. The topological polar surface area (TPSA) is 76.1 Å². The van der Waals surface area contributed by atoms with Gasteiger partial charge >= 0.3 is 7.60 Å². The van der Waals surface area contributed by atoms with E-state index in [9.17, 15) is 14.5 Å². The number of hydrogen-bond donors (Lipinski definition) is 1. The van der Waals surface area contributed by atoms with Gasteiger partial charge in [-0.15, -0.1) is 0 Å². The molecule has 112 valence electrons. The Morgan fingerprint density at radius 1 is 1.42 bits per heavy atom. The monoisotopic (exact) mass is 333 g/mol. The molecule has 1 amide bonds. The first kappa shape index (κ1) is 17.2. The molecule has 1 aliphatic rings. The van der Waals surface area contributed by atoms with Crippen molar-refractivity contribution in [3.05, 3.63) is 0 Å². The van der Waals surface area contributed by atoms with Crippen LogP contribution in [0.25, 0.3) is 0 Å². The summed E-state index contributed by atoms with van der Waals surface area (Å²) in [6.45, 7) is 3.61. The summed E-state index contributed by atoms with van der Waals surface area (Å²) in [6, 6.07) is 0. The molecular weight excluding hydrogens is 316 g/mol. The molecule has 0 unspecified atom stereocenters. The number of likely N-dealkylation sites (tertiary alicyclic amines) is 1. The van der Waals surface area contributed by atoms with Crippen LogP contribution >= 0.6 is 30.8 Å². The van der Waals surface area contributed by atoms with Gasteiger partial charge in [0.25, 0.3) is 4.07 Å². The molecule has 0 aromatic carbocycles. The number of rotatable bonds is 7. The van der Waals surface area contributed by atoms with Gasteiger partial charge in [-0.3, -0.25) is 9.36 Å². The van der Waals surface area contributed by atoms with Crippen molar-refractivity contribution in [1.29, 1.82) is 0 Å². The molecular formula is C10H18Cl2NO5P. The summed E-state index contributed by atoms with van der Waals surface area (Å²) in [6.07, 6.45) is -0.753. The molecule has 1 fully saturated rings. The van der Waals surface area contributed by atoms with Gasteiger partial charge < -0.3 is 19.1 Å². The van der Waals surface area contributed by atoms with E-state index in [0.717, 1.165) is 4.90 Å². The Morgan fingerprint density at radius 3 is 2.32 bits per heavy atom. The third-order valence-electron chi connectivity index (χ3n) is 2.68. The highest BCUT2D eigenvalue weighted by Crippen LogP contribution is 2.66. The van der Waals surface area contributed by atoms with Crippen LogP contribution < -0.4 is 0 Å². The highest BCUT2D eigenvalue weighted by atomic mass is 35.5. The first-order valence-electron chi connectivity index (χ1n) is 6.04. The van der Waals surface area contributed by atoms with Crippen molar-refractivity contribution in [2.75, 3.05) is 19.8 Å². The molecule has 0 aromatic rings. The van der Waals surface area contributed by atoms with Gasteiger partial charge in [0.05, 0.1) is 13.2 Å². The van der Waals surface area contributed by atoms with E-state index in [4.69, 9.17) is 32.2 Å². The minimum atomic E-state index is -3.97. The Labute approximate surface area is 122 Å². The Bertz CT molecular complexity index is 369. The molecule has 0 spiro atoms. The molecule has 1 aliphatic heterocycles. The van der Waals surface area contributed by atoms with E-state index in [2.05, 4.69) is 0 Å². The minimum Gasteiger partial charge on any atom is -0.370 e. The lowest BCUT2D eigenvalue weighted by molar-refractivity contribution is -0.136. The standard InChI is InChI=1S/C10H18Cl2NO5P/c1-3-17-19(16,18-4-2)10(11,12)9(15)13-7-5-6-8(13)14/h9,15H,3-7H2,1-2H3/t9-/m1/s1. The lowest BCUT2D eigenvalue weighted by Crippen LogP contribution is -2.47. The highest BCUT2D eigenvalue weighted by molar-refractivity contribution is 7.60. The second-order valence-corrected chi connectivity index (χ2v) is 8.11. The molecule has 0 bridgehead atoms. The van der Waals surface area contributed by atoms with E-state index in [-0.39, 0.29) is 19.1 Å². The molecule has 1 atom stereocenters. The SMILES string of the molecule is CCOP(=O)(OCC)C(Cl)(Cl)[C@@H](O)N1CCCC1=O. The van der Waals surface area contributed by atoms with Crippen molar-refractivity contribution < 1.29 is 23.5 Å². The Balaban J connectivity index is 2.98. The summed E-state index contributed by atoms with van der Waals surface area (Å²) in [5.74, 6) is -0.294. The predicted molar refractivity (Wildman–Crippen MR) is 72.2 cm³/mol. The van der Waals surface area contributed by atoms with Crippen molar-refractivity contribution in [2.24, 2.45) is 0 Å². The zero-order chi connectivity index (χ0) is 14.7. The summed E-state index contributed by atoms with van der Waals surface area (Å²) in [4.78, 5) is 12.7. The zero-order valence-corrected chi connectivity index (χ0v) is 13.2. The molecule has 0 aliphatic carbocycles. The van der Waals surface area contributed by atoms with Crippen LogP contribution in [0.1, 0.15) is 26.7 Å². The van der Waals surface area contributed by atoms with Crippen LogP contribution in [0.3, 0.4) is 0 Å². The molecule has 1 saturated heterocycles. The first-order valence-corrected chi connectivity index (χ1v) is 8.34. The number of aliphatic hydroxyl groups is 1. The van der Waals surface area contributed by atoms with Crippen molar-refractivity contribution in [2.45, 2.75) is 37.0 Å². The van der Waals surface area contributed by atoms with Gasteiger partial charge in [-0.1, -0.05) is 23.2 Å². The predicted octanol–water partition coefficient (Wildman–Crippen LogP) is 2.32. The fourth-order valence-electron chi connectivity index (χ4n) is 1.81. The molecule has 1 rings (SSSR count). The van der Waals surface area contributed by atoms with Gasteiger partial charge in [0.15, 0.2) is 6.23 Å². The number of nitrogens with zero attached hydrogens (tertiary/aromatic N) is 1. The van der Waals surface area contributed by atoms with Crippen molar-refractivity contribution in [1.82, 2.24) is 4.90 Å². The van der Waals surface area contributed by atoms with Crippen LogP contribution in [0.5, 0.6) is 0 Å². The quantitative estimate of drug-likeness (QED) is 0.571. The van der Waals surface area contributed by atoms with E-state index in [1.54, 1.807) is 13.8 Å². The number of amides is 1. The molecule has 0 aromatic heterocycles. The second-order valence-electron chi connectivity index (χ2n) is 3.99. The molecule has 19 heavy (non-hydrogen) atoms. The first-order chi connectivity index (χ1) is 8.80. The fourth-order valence-corrected chi connectivity index (χ4v) is 4.15. The van der Waals surface area contributed by atoms with Gasteiger partial charge in [-0.25, -0.2) is 0 Å². The van der Waals surface area contributed by atoms with Crippen LogP contribution in [0, 0.1) is 0 Å². The normalized spacial score (nSPS) is 19.0. The van der Waals surface area contributed by atoms with Gasteiger partial charge in [0, 0.05) is 13.0 Å². The van der Waals surface area contributed by atoms with E-state index in [1.807, 2.05) is 0 Å². The van der Waals surface area contributed by atoms with Crippen LogP contribution in [-0.4, -0.2) is 46.0 Å². The number of carbonyl (C=O) groups excluding carboxylic acids is 1. The Morgan fingerprint density at radius 2 is 1.95 bits per heavy atom. The van der Waals surface area contributed by atoms with Crippen molar-refractivity contribution in [3.8, 4) is 0 Å². The third-order valence-corrected chi connectivity index (χ3v) is 6.47. The smallest absolute Gasteiger partial charge is 0.370 e. The van der Waals surface area contributed by atoms with Crippen LogP contribution in [0.15, 0.2) is 0 Å². The maximum Gasteiger partial charge on any atom is 0.371 e. The highest BCUT2D eigenvalue weighted by Gasteiger charge is 2.57. The molecule has 6 nitrogen and oxygen atoms in total. The maximum absolute atomic E-state index is 12.5. The summed E-state index contributed by atoms with van der Waals surface area (Å²) in [5, 5.41) is 10.1. The lowest BCUT2D eigenvalue weighted by atomic mass is 10.4. The molecule has 0 saturated carbocycles. The van der Waals surface area contributed by atoms with E-state index in [0.29, 0.717) is 19.4 Å². The van der Waals surface area contributed by atoms with Crippen LogP contribution in [-0.2, 0) is 18.4 Å². The lowest BCUT2D eigenvalue weighted by Gasteiger charge is -2.36. The summed E-state index contributed by atoms with van der Waals surface area (Å²) < 4.78 is 20.4. The van der Waals surface area contributed by atoms with Gasteiger partial charge in [0.1, 0.15) is 0 Å². The summed E-state index contributed by atoms with van der Waals surface area (Å²) >= 11 is 12.0. The molecule has 1 heterocycles. The van der Waals surface area contributed by atoms with Crippen LogP contribution in [0.2, 0.25) is 0 Å². The Kier molecular flexibility index (Phi) is 6.11. The number of alkyl halides is 2. The van der Waals surface area contributed by atoms with Gasteiger partial charge in [-0.05, 0) is 20.3 Å². The van der Waals surface area contributed by atoms with E-state index in [1.165, 1.54) is 0 Å². The summed E-state index contributed by atoms with van der Waals surface area (Å²) in [7, 11) is -3.97. The van der Waals surface area contributed by atoms with Gasteiger partial charge in [0.2, 0.25) is 5.91 Å². The zero-order valence-electron chi connectivity index (χ0n) is 10.8. The number of aliphatic hydroxyl groups excluding tert-OH is 1. The van der Waals surface area contributed by atoms with Gasteiger partial charge in [-0.2, -0.15) is 0 Å². The minimum absolute atomic E-state index is 0.0547. The fraction of sp³-hybridized carbons (Fsp3) is 0.900. The largest absolute Gasteiger partial charge is 0.371 e. The van der Waals surface area contributed by atoms with E-state index < -0.39 is 17.9 Å². The number of hydrogen-bond acceptors (Lipinski definition) is 5. The number of halogens is 2. The molecule has 1 N–H and O–H groups in total. The van der Waals surface area contributed by atoms with Crippen molar-refractivity contribution in [3.63, 3.8) is 0 Å². The van der Waals surface area contributed by atoms with Crippen molar-refractivity contribution >= 4 is 36.7 Å². The van der Waals surface area contributed by atoms with Crippen LogP contribution in [0.4, 0.5) is 0 Å². The molecule has 0 radical (unpaired) electrons. The summed E-state index contributed by atoms with van der Waals surface area (Å²) in [5.41, 5.74) is 0. The average Bonchev–Trinajstić information content (AvgIpc) is 2.74. The second kappa shape index (κ2) is 6.74. The third kappa shape index (κ3) is 3.43. The Hall–Kier alpha value is 0.160. The maximum atomic E-state index is 12.5. The van der Waals surface area contributed by atoms with E-state index >= 15 is 0 Å².